The maximum atomic E-state index is 5.51. The van der Waals surface area contributed by atoms with Crippen molar-refractivity contribution in [2.45, 2.75) is 76.9 Å². The maximum absolute atomic E-state index is 5.51. The number of unbranched alkanes of at least 4 members (excludes halogenated alkanes) is 2. The Bertz CT molecular complexity index is 393. The molecular weight excluding hydrogens is 284 g/mol. The molecule has 0 atom stereocenters. The van der Waals surface area contributed by atoms with Crippen LogP contribution in [0.25, 0.3) is 0 Å². The Morgan fingerprint density at radius 3 is 2.41 bits per heavy atom. The fourth-order valence-corrected chi connectivity index (χ4v) is 7.40. The minimum absolute atomic E-state index is 0.326. The molecule has 0 saturated carbocycles. The fourth-order valence-electron chi connectivity index (χ4n) is 3.78. The van der Waals surface area contributed by atoms with Crippen LogP contribution in [0.15, 0.2) is 24.3 Å². The summed E-state index contributed by atoms with van der Waals surface area (Å²) in [4.78, 5) is 0. The van der Waals surface area contributed by atoms with E-state index >= 15 is 0 Å². The molecular formula is C20H34OSi. The highest BCUT2D eigenvalue weighted by Crippen LogP contribution is 2.31. The summed E-state index contributed by atoms with van der Waals surface area (Å²) < 4.78 is 5.51. The van der Waals surface area contributed by atoms with E-state index in [0.717, 1.165) is 18.3 Å². The van der Waals surface area contributed by atoms with Gasteiger partial charge in [0.15, 0.2) is 0 Å². The van der Waals surface area contributed by atoms with E-state index in [9.17, 15) is 0 Å². The molecule has 0 radical (unpaired) electrons. The zero-order chi connectivity index (χ0) is 15.6. The summed E-state index contributed by atoms with van der Waals surface area (Å²) in [5.41, 5.74) is 1.48. The van der Waals surface area contributed by atoms with Crippen LogP contribution in [0.1, 0.15) is 57.9 Å². The largest absolute Gasteiger partial charge is 0.494 e. The molecule has 1 aliphatic rings. The van der Waals surface area contributed by atoms with E-state index < -0.39 is 0 Å². The van der Waals surface area contributed by atoms with Crippen molar-refractivity contribution in [1.82, 2.24) is 0 Å². The average Bonchev–Trinajstić information content (AvgIpc) is 2.56. The van der Waals surface area contributed by atoms with E-state index in [1.54, 1.807) is 18.1 Å². The number of ether oxygens (including phenoxy) is 1. The van der Waals surface area contributed by atoms with Crippen LogP contribution in [0.4, 0.5) is 0 Å². The minimum Gasteiger partial charge on any atom is -0.494 e. The molecule has 0 spiro atoms. The molecule has 0 aliphatic carbocycles. The smallest absolute Gasteiger partial charge is 0.119 e. The molecule has 2 heteroatoms. The third-order valence-corrected chi connectivity index (χ3v) is 8.78. The van der Waals surface area contributed by atoms with Gasteiger partial charge in [0.05, 0.1) is 6.61 Å². The van der Waals surface area contributed by atoms with E-state index in [4.69, 9.17) is 4.74 Å². The first kappa shape index (κ1) is 17.6. The first-order valence-electron chi connectivity index (χ1n) is 9.53. The molecule has 1 nitrogen and oxygen atoms in total. The normalized spacial score (nSPS) is 21.7. The molecule has 22 heavy (non-hydrogen) atoms. The Labute approximate surface area is 139 Å². The second-order valence-corrected chi connectivity index (χ2v) is 10.5. The summed E-state index contributed by atoms with van der Waals surface area (Å²) in [6, 6.07) is 13.6. The van der Waals surface area contributed by atoms with Crippen molar-refractivity contribution < 1.29 is 4.74 Å². The minimum atomic E-state index is -0.326. The number of hydrogen-bond acceptors (Lipinski definition) is 1. The van der Waals surface area contributed by atoms with Gasteiger partial charge in [-0.05, 0) is 43.4 Å². The zero-order valence-corrected chi connectivity index (χ0v) is 15.8. The summed E-state index contributed by atoms with van der Waals surface area (Å²) >= 11 is 0. The van der Waals surface area contributed by atoms with Gasteiger partial charge in [0, 0.05) is 8.80 Å². The molecule has 0 aromatic heterocycles. The summed E-state index contributed by atoms with van der Waals surface area (Å²) in [6.45, 7) is 5.11. The lowest BCUT2D eigenvalue weighted by molar-refractivity contribution is 0.340. The summed E-state index contributed by atoms with van der Waals surface area (Å²) in [7, 11) is -0.326. The highest BCUT2D eigenvalue weighted by Gasteiger charge is 2.21. The van der Waals surface area contributed by atoms with E-state index in [2.05, 4.69) is 31.2 Å². The van der Waals surface area contributed by atoms with Crippen LogP contribution in [-0.2, 0) is 6.42 Å². The van der Waals surface area contributed by atoms with Crippen LogP contribution in [0, 0.1) is 5.92 Å². The molecule has 1 saturated heterocycles. The second kappa shape index (κ2) is 10.1. The molecule has 1 heterocycles. The van der Waals surface area contributed by atoms with Crippen molar-refractivity contribution in [1.29, 1.82) is 0 Å². The Morgan fingerprint density at radius 1 is 1.05 bits per heavy atom. The van der Waals surface area contributed by atoms with Gasteiger partial charge >= 0.3 is 0 Å². The molecule has 1 aliphatic heterocycles. The maximum Gasteiger partial charge on any atom is 0.119 e. The highest BCUT2D eigenvalue weighted by molar-refractivity contribution is 6.58. The van der Waals surface area contributed by atoms with Gasteiger partial charge in [0.1, 0.15) is 5.75 Å². The van der Waals surface area contributed by atoms with Crippen LogP contribution >= 0.6 is 0 Å². The van der Waals surface area contributed by atoms with Crippen molar-refractivity contribution in [3.05, 3.63) is 29.8 Å². The van der Waals surface area contributed by atoms with Gasteiger partial charge in [0.2, 0.25) is 0 Å². The molecule has 0 unspecified atom stereocenters. The molecule has 0 N–H and O–H groups in total. The molecule has 2 rings (SSSR count). The fraction of sp³-hybridized carbons (Fsp3) is 0.700. The molecule has 1 aromatic rings. The Morgan fingerprint density at radius 2 is 1.77 bits per heavy atom. The lowest BCUT2D eigenvalue weighted by Gasteiger charge is -2.27. The third kappa shape index (κ3) is 6.16. The van der Waals surface area contributed by atoms with Crippen molar-refractivity contribution in [2.24, 2.45) is 5.92 Å². The van der Waals surface area contributed by atoms with Gasteiger partial charge in [-0.15, -0.1) is 0 Å². The van der Waals surface area contributed by atoms with Crippen LogP contribution in [0.5, 0.6) is 5.75 Å². The van der Waals surface area contributed by atoms with Gasteiger partial charge in [-0.25, -0.2) is 0 Å². The predicted octanol–water partition coefficient (Wildman–Crippen LogP) is 5.85. The van der Waals surface area contributed by atoms with E-state index in [1.807, 2.05) is 6.92 Å². The van der Waals surface area contributed by atoms with Crippen LogP contribution in [-0.4, -0.2) is 15.4 Å². The third-order valence-electron chi connectivity index (χ3n) is 5.26. The SMILES string of the molecule is CCCCC[Si@H]1CC[C@H](CCc2ccc(OCC)cc2)CC1. The number of benzene rings is 1. The Hall–Kier alpha value is -0.763. The van der Waals surface area contributed by atoms with E-state index in [-0.39, 0.29) is 8.80 Å². The molecule has 1 fully saturated rings. The summed E-state index contributed by atoms with van der Waals surface area (Å²) in [5.74, 6) is 2.01. The summed E-state index contributed by atoms with van der Waals surface area (Å²) in [6.07, 6.45) is 10.1. The lowest BCUT2D eigenvalue weighted by atomic mass is 9.94. The molecule has 0 amide bonds. The Kier molecular flexibility index (Phi) is 8.07. The molecule has 0 bridgehead atoms. The van der Waals surface area contributed by atoms with Crippen LogP contribution in [0.2, 0.25) is 18.1 Å². The van der Waals surface area contributed by atoms with Crippen LogP contribution < -0.4 is 4.74 Å². The van der Waals surface area contributed by atoms with Gasteiger partial charge in [0.25, 0.3) is 0 Å². The second-order valence-electron chi connectivity index (χ2n) is 7.00. The standard InChI is InChI=1S/C20H34OSi/c1-3-5-6-15-22-16-13-19(14-17-22)8-7-18-9-11-20(12-10-18)21-4-2/h9-12,19,22H,3-8,13-17H2,1-2H3/t19-,22-. The molecule has 1 aromatic carbocycles. The number of hydrogen-bond donors (Lipinski definition) is 0. The first-order valence-corrected chi connectivity index (χ1v) is 12.0. The van der Waals surface area contributed by atoms with Gasteiger partial charge in [-0.3, -0.25) is 0 Å². The number of aryl methyl sites for hydroxylation is 1. The molecule has 124 valence electrons. The average molecular weight is 319 g/mol. The predicted molar refractivity (Wildman–Crippen MR) is 99.8 cm³/mol. The first-order chi connectivity index (χ1) is 10.8. The van der Waals surface area contributed by atoms with E-state index in [0.29, 0.717) is 0 Å². The number of rotatable bonds is 9. The lowest BCUT2D eigenvalue weighted by Crippen LogP contribution is -2.21. The van der Waals surface area contributed by atoms with Gasteiger partial charge in [-0.2, -0.15) is 0 Å². The van der Waals surface area contributed by atoms with E-state index in [1.165, 1.54) is 50.5 Å². The Balaban J connectivity index is 1.64. The van der Waals surface area contributed by atoms with Crippen molar-refractivity contribution in [3.63, 3.8) is 0 Å². The van der Waals surface area contributed by atoms with Gasteiger partial charge in [-0.1, -0.05) is 69.3 Å². The van der Waals surface area contributed by atoms with Gasteiger partial charge < -0.3 is 4.74 Å². The highest BCUT2D eigenvalue weighted by atomic mass is 28.3. The monoisotopic (exact) mass is 318 g/mol. The quantitative estimate of drug-likeness (QED) is 0.410. The summed E-state index contributed by atoms with van der Waals surface area (Å²) in [5, 5.41) is 0. The van der Waals surface area contributed by atoms with Crippen molar-refractivity contribution in [2.75, 3.05) is 6.61 Å². The van der Waals surface area contributed by atoms with Crippen molar-refractivity contribution >= 4 is 8.80 Å². The zero-order valence-electron chi connectivity index (χ0n) is 14.7. The topological polar surface area (TPSA) is 9.23 Å². The van der Waals surface area contributed by atoms with Crippen LogP contribution in [0.3, 0.4) is 0 Å². The van der Waals surface area contributed by atoms with Crippen molar-refractivity contribution in [3.8, 4) is 5.75 Å².